The summed E-state index contributed by atoms with van der Waals surface area (Å²) in [5, 5.41) is 16.5. The van der Waals surface area contributed by atoms with Crippen LogP contribution in [0.5, 0.6) is 5.75 Å². The fourth-order valence-electron chi connectivity index (χ4n) is 2.85. The lowest BCUT2D eigenvalue weighted by molar-refractivity contribution is 0.102. The van der Waals surface area contributed by atoms with Crippen LogP contribution < -0.4 is 15.5 Å². The Labute approximate surface area is 171 Å². The van der Waals surface area contributed by atoms with Gasteiger partial charge in [0.2, 0.25) is 5.82 Å². The molecule has 0 atom stereocenters. The zero-order valence-electron chi connectivity index (χ0n) is 16.2. The maximum Gasteiger partial charge on any atom is 0.255 e. The Kier molecular flexibility index (Phi) is 5.51. The van der Waals surface area contributed by atoms with Gasteiger partial charge in [-0.25, -0.2) is 0 Å². The number of tetrazole rings is 1. The minimum Gasteiger partial charge on any atom is -0.494 e. The number of unbranched alkanes of at least 4 members (excludes halogenated alkanes) is 1. The van der Waals surface area contributed by atoms with Gasteiger partial charge in [0.15, 0.2) is 11.2 Å². The van der Waals surface area contributed by atoms with Crippen LogP contribution in [0.3, 0.4) is 0 Å². The third-order valence-electron chi connectivity index (χ3n) is 4.43. The number of rotatable bonds is 7. The average Bonchev–Trinajstić information content (AvgIpc) is 3.30. The van der Waals surface area contributed by atoms with Crippen LogP contribution in [0.2, 0.25) is 0 Å². The normalized spacial score (nSPS) is 10.8. The third-order valence-corrected chi connectivity index (χ3v) is 4.43. The molecule has 2 aromatic heterocycles. The SMILES string of the molecule is CCCCOc1ccc(C(=O)Nc2ccc3oc(-c4nn[nH]n4)cc(=O)c3c2)cc1. The molecule has 9 nitrogen and oxygen atoms in total. The van der Waals surface area contributed by atoms with Crippen molar-refractivity contribution in [2.75, 3.05) is 11.9 Å². The van der Waals surface area contributed by atoms with Crippen molar-refractivity contribution in [3.05, 3.63) is 64.3 Å². The second kappa shape index (κ2) is 8.56. The summed E-state index contributed by atoms with van der Waals surface area (Å²) in [7, 11) is 0. The number of ether oxygens (including phenoxy) is 1. The van der Waals surface area contributed by atoms with Crippen LogP contribution in [0.15, 0.2) is 57.7 Å². The standard InChI is InChI=1S/C21H19N5O4/c1-2-3-10-29-15-7-4-13(5-8-15)21(28)22-14-6-9-18-16(11-14)17(27)12-19(30-18)20-23-25-26-24-20/h4-9,11-12H,2-3,10H2,1H3,(H,22,28)(H,23,24,25,26). The molecule has 30 heavy (non-hydrogen) atoms. The lowest BCUT2D eigenvalue weighted by Gasteiger charge is -2.08. The van der Waals surface area contributed by atoms with E-state index in [1.807, 2.05) is 0 Å². The van der Waals surface area contributed by atoms with Gasteiger partial charge in [0.25, 0.3) is 5.91 Å². The molecule has 0 saturated carbocycles. The fourth-order valence-corrected chi connectivity index (χ4v) is 2.85. The molecule has 0 spiro atoms. The van der Waals surface area contributed by atoms with Gasteiger partial charge in [0.1, 0.15) is 11.3 Å². The Morgan fingerprint density at radius 3 is 2.73 bits per heavy atom. The molecule has 9 heteroatoms. The van der Waals surface area contributed by atoms with E-state index >= 15 is 0 Å². The van der Waals surface area contributed by atoms with Gasteiger partial charge in [-0.2, -0.15) is 5.21 Å². The molecular weight excluding hydrogens is 386 g/mol. The number of anilines is 1. The molecule has 4 aromatic rings. The number of fused-ring (bicyclic) bond motifs is 1. The second-order valence-corrected chi connectivity index (χ2v) is 6.60. The quantitative estimate of drug-likeness (QED) is 0.452. The maximum absolute atomic E-state index is 12.5. The van der Waals surface area contributed by atoms with Gasteiger partial charge in [-0.3, -0.25) is 9.59 Å². The van der Waals surface area contributed by atoms with Crippen LogP contribution in [0.25, 0.3) is 22.6 Å². The Balaban J connectivity index is 1.51. The molecule has 0 unspecified atom stereocenters. The number of amides is 1. The van der Waals surface area contributed by atoms with Crippen molar-refractivity contribution in [1.82, 2.24) is 20.6 Å². The highest BCUT2D eigenvalue weighted by molar-refractivity contribution is 6.05. The number of nitrogens with one attached hydrogen (secondary N) is 2. The van der Waals surface area contributed by atoms with Crippen LogP contribution in [-0.2, 0) is 0 Å². The molecule has 2 heterocycles. The van der Waals surface area contributed by atoms with Crippen LogP contribution in [-0.4, -0.2) is 33.1 Å². The Bertz CT molecular complexity index is 1220. The number of hydrogen-bond donors (Lipinski definition) is 2. The van der Waals surface area contributed by atoms with Crippen molar-refractivity contribution in [2.24, 2.45) is 0 Å². The first-order chi connectivity index (χ1) is 14.6. The summed E-state index contributed by atoms with van der Waals surface area (Å²) in [6.07, 6.45) is 2.04. The van der Waals surface area contributed by atoms with Gasteiger partial charge in [-0.1, -0.05) is 13.3 Å². The number of aromatic amines is 1. The number of carbonyl (C=O) groups is 1. The number of nitrogens with zero attached hydrogens (tertiary/aromatic N) is 3. The van der Waals surface area contributed by atoms with E-state index in [0.717, 1.165) is 18.6 Å². The molecule has 0 aliphatic heterocycles. The predicted octanol–water partition coefficient (Wildman–Crippen LogP) is 3.40. The summed E-state index contributed by atoms with van der Waals surface area (Å²) in [5.41, 5.74) is 1.04. The molecule has 0 radical (unpaired) electrons. The lowest BCUT2D eigenvalue weighted by Crippen LogP contribution is -2.12. The highest BCUT2D eigenvalue weighted by Gasteiger charge is 2.12. The maximum atomic E-state index is 12.5. The first-order valence-electron chi connectivity index (χ1n) is 9.50. The van der Waals surface area contributed by atoms with Crippen LogP contribution in [0.1, 0.15) is 30.1 Å². The van der Waals surface area contributed by atoms with E-state index in [2.05, 4.69) is 32.9 Å². The van der Waals surface area contributed by atoms with E-state index in [4.69, 9.17) is 9.15 Å². The van der Waals surface area contributed by atoms with E-state index in [0.29, 0.717) is 28.8 Å². The van der Waals surface area contributed by atoms with Gasteiger partial charge in [0, 0.05) is 17.3 Å². The molecule has 0 aliphatic carbocycles. The zero-order valence-corrected chi connectivity index (χ0v) is 16.2. The number of aromatic nitrogens is 4. The van der Waals surface area contributed by atoms with Gasteiger partial charge < -0.3 is 14.5 Å². The Morgan fingerprint density at radius 1 is 1.17 bits per heavy atom. The summed E-state index contributed by atoms with van der Waals surface area (Å²) in [6.45, 7) is 2.75. The first kappa shape index (κ1) is 19.3. The number of benzene rings is 2. The predicted molar refractivity (Wildman–Crippen MR) is 110 cm³/mol. The van der Waals surface area contributed by atoms with E-state index < -0.39 is 0 Å². The fraction of sp³-hybridized carbons (Fsp3) is 0.190. The summed E-state index contributed by atoms with van der Waals surface area (Å²) < 4.78 is 11.3. The summed E-state index contributed by atoms with van der Waals surface area (Å²) in [4.78, 5) is 25.0. The topological polar surface area (TPSA) is 123 Å². The van der Waals surface area contributed by atoms with Gasteiger partial charge in [0.05, 0.1) is 12.0 Å². The van der Waals surface area contributed by atoms with E-state index in [1.165, 1.54) is 6.07 Å². The molecule has 0 fully saturated rings. The van der Waals surface area contributed by atoms with Gasteiger partial charge in [-0.15, -0.1) is 10.2 Å². The van der Waals surface area contributed by atoms with Crippen molar-refractivity contribution in [1.29, 1.82) is 0 Å². The highest BCUT2D eigenvalue weighted by atomic mass is 16.5. The second-order valence-electron chi connectivity index (χ2n) is 6.60. The monoisotopic (exact) mass is 405 g/mol. The van der Waals surface area contributed by atoms with Crippen molar-refractivity contribution < 1.29 is 13.9 Å². The molecule has 0 aliphatic rings. The van der Waals surface area contributed by atoms with Crippen molar-refractivity contribution in [3.8, 4) is 17.3 Å². The largest absolute Gasteiger partial charge is 0.494 e. The number of hydrogen-bond acceptors (Lipinski definition) is 7. The molecule has 1 amide bonds. The van der Waals surface area contributed by atoms with E-state index in [-0.39, 0.29) is 22.9 Å². The molecule has 152 valence electrons. The molecule has 4 rings (SSSR count). The van der Waals surface area contributed by atoms with Gasteiger partial charge >= 0.3 is 0 Å². The molecule has 2 aromatic carbocycles. The van der Waals surface area contributed by atoms with Crippen LogP contribution in [0.4, 0.5) is 5.69 Å². The lowest BCUT2D eigenvalue weighted by atomic mass is 10.1. The number of H-pyrrole nitrogens is 1. The van der Waals surface area contributed by atoms with Crippen molar-refractivity contribution in [2.45, 2.75) is 19.8 Å². The van der Waals surface area contributed by atoms with E-state index in [9.17, 15) is 9.59 Å². The van der Waals surface area contributed by atoms with E-state index in [1.54, 1.807) is 42.5 Å². The molecule has 2 N–H and O–H groups in total. The molecule has 0 saturated heterocycles. The first-order valence-corrected chi connectivity index (χ1v) is 9.50. The average molecular weight is 405 g/mol. The summed E-state index contributed by atoms with van der Waals surface area (Å²) in [6, 6.07) is 13.0. The van der Waals surface area contributed by atoms with Crippen molar-refractivity contribution in [3.63, 3.8) is 0 Å². The summed E-state index contributed by atoms with van der Waals surface area (Å²) >= 11 is 0. The Morgan fingerprint density at radius 2 is 2.00 bits per heavy atom. The molecular formula is C21H19N5O4. The highest BCUT2D eigenvalue weighted by Crippen LogP contribution is 2.22. The van der Waals surface area contributed by atoms with Crippen LogP contribution in [0, 0.1) is 0 Å². The zero-order chi connectivity index (χ0) is 20.9. The van der Waals surface area contributed by atoms with Gasteiger partial charge in [-0.05, 0) is 54.1 Å². The Hall–Kier alpha value is -4.01. The number of carbonyl (C=O) groups excluding carboxylic acids is 1. The third kappa shape index (κ3) is 4.19. The smallest absolute Gasteiger partial charge is 0.255 e. The van der Waals surface area contributed by atoms with Crippen LogP contribution >= 0.6 is 0 Å². The molecule has 0 bridgehead atoms. The summed E-state index contributed by atoms with van der Waals surface area (Å²) in [5.74, 6) is 0.829. The minimum absolute atomic E-state index is 0.188. The minimum atomic E-state index is -0.290. The van der Waals surface area contributed by atoms with Crippen molar-refractivity contribution >= 4 is 22.6 Å².